The number of benzene rings is 1. The Kier molecular flexibility index (Phi) is 4.03. The van der Waals surface area contributed by atoms with Crippen LogP contribution in [0, 0.1) is 0 Å². The van der Waals surface area contributed by atoms with Crippen molar-refractivity contribution >= 4 is 17.7 Å². The van der Waals surface area contributed by atoms with E-state index in [1.807, 2.05) is 0 Å². The van der Waals surface area contributed by atoms with Gasteiger partial charge < -0.3 is 21.3 Å². The zero-order valence-electron chi connectivity index (χ0n) is 10.9. The highest BCUT2D eigenvalue weighted by molar-refractivity contribution is 5.98. The van der Waals surface area contributed by atoms with Gasteiger partial charge in [-0.25, -0.2) is 9.78 Å². The number of aromatic nitrogens is 1. The molecule has 21 heavy (non-hydrogen) atoms. The van der Waals surface area contributed by atoms with Gasteiger partial charge in [-0.15, -0.1) is 0 Å². The molecule has 1 amide bonds. The molecule has 7 nitrogen and oxygen atoms in total. The summed E-state index contributed by atoms with van der Waals surface area (Å²) in [6, 6.07) is 6.85. The Balaban J connectivity index is 2.14. The number of carbonyl (C=O) groups is 2. The predicted molar refractivity (Wildman–Crippen MR) is 74.9 cm³/mol. The molecule has 1 aromatic heterocycles. The number of carbonyl (C=O) groups excluding carboxylic acids is 1. The second-order valence-corrected chi connectivity index (χ2v) is 4.30. The number of aromatic hydroxyl groups is 1. The first-order chi connectivity index (χ1) is 9.97. The van der Waals surface area contributed by atoms with E-state index in [1.165, 1.54) is 18.3 Å². The number of nitrogens with one attached hydrogen (secondary N) is 1. The molecule has 1 heterocycles. The summed E-state index contributed by atoms with van der Waals surface area (Å²) < 4.78 is 0. The number of carboxylic acids is 1. The largest absolute Gasteiger partial charge is 0.508 e. The van der Waals surface area contributed by atoms with E-state index in [-0.39, 0.29) is 23.4 Å². The number of phenolic OH excluding ortho intramolecular Hbond substituents is 1. The van der Waals surface area contributed by atoms with E-state index in [9.17, 15) is 14.7 Å². The van der Waals surface area contributed by atoms with E-state index in [0.717, 1.165) is 6.07 Å². The van der Waals surface area contributed by atoms with Gasteiger partial charge in [0.25, 0.3) is 5.91 Å². The van der Waals surface area contributed by atoms with Crippen LogP contribution >= 0.6 is 0 Å². The smallest absolute Gasteiger partial charge is 0.335 e. The fourth-order valence-electron chi connectivity index (χ4n) is 1.74. The number of phenols is 1. The molecule has 0 saturated heterocycles. The van der Waals surface area contributed by atoms with Gasteiger partial charge >= 0.3 is 5.97 Å². The van der Waals surface area contributed by atoms with Crippen LogP contribution in [0.4, 0.5) is 5.82 Å². The summed E-state index contributed by atoms with van der Waals surface area (Å²) in [5.74, 6) is -1.73. The van der Waals surface area contributed by atoms with Gasteiger partial charge in [0.2, 0.25) is 0 Å². The minimum Gasteiger partial charge on any atom is -0.508 e. The molecule has 0 unspecified atom stereocenters. The van der Waals surface area contributed by atoms with Gasteiger partial charge in [-0.2, -0.15) is 0 Å². The van der Waals surface area contributed by atoms with Crippen LogP contribution in [0.3, 0.4) is 0 Å². The highest BCUT2D eigenvalue weighted by atomic mass is 16.4. The molecule has 2 rings (SSSR count). The predicted octanol–water partition coefficient (Wildman–Crippen LogP) is 0.998. The number of pyridine rings is 1. The van der Waals surface area contributed by atoms with E-state index < -0.39 is 11.9 Å². The molecule has 0 fully saturated rings. The molecule has 0 spiro atoms. The summed E-state index contributed by atoms with van der Waals surface area (Å²) >= 11 is 0. The molecule has 7 heteroatoms. The van der Waals surface area contributed by atoms with Gasteiger partial charge in [0, 0.05) is 23.9 Å². The van der Waals surface area contributed by atoms with E-state index in [4.69, 9.17) is 10.8 Å². The molecule has 5 N–H and O–H groups in total. The number of carboxylic acid groups (broad SMARTS) is 1. The first-order valence-electron chi connectivity index (χ1n) is 6.02. The van der Waals surface area contributed by atoms with E-state index >= 15 is 0 Å². The van der Waals surface area contributed by atoms with E-state index in [1.54, 1.807) is 12.1 Å². The second kappa shape index (κ2) is 5.91. The Bertz CT molecular complexity index is 700. The summed E-state index contributed by atoms with van der Waals surface area (Å²) in [7, 11) is 0. The molecule has 2 aromatic rings. The maximum atomic E-state index is 12.0. The first kappa shape index (κ1) is 14.3. The summed E-state index contributed by atoms with van der Waals surface area (Å²) in [6.07, 6.45) is 1.54. The molecule has 0 radical (unpaired) electrons. The molecule has 0 bridgehead atoms. The van der Waals surface area contributed by atoms with E-state index in [2.05, 4.69) is 10.3 Å². The monoisotopic (exact) mass is 287 g/mol. The van der Waals surface area contributed by atoms with E-state index in [0.29, 0.717) is 11.4 Å². The van der Waals surface area contributed by atoms with Gasteiger partial charge in [-0.05, 0) is 24.3 Å². The lowest BCUT2D eigenvalue weighted by atomic mass is 10.1. The minimum atomic E-state index is -1.23. The van der Waals surface area contributed by atoms with Crippen molar-refractivity contribution in [3.8, 4) is 5.75 Å². The standard InChI is InChI=1S/C14H13N3O4/c15-12-8(2-1-3-16-12)7-17-13(19)9-4-10(14(20)21)6-11(18)5-9/h1-6,18H,7H2,(H2,15,16)(H,17,19)(H,20,21). The quantitative estimate of drug-likeness (QED) is 0.664. The average molecular weight is 287 g/mol. The van der Waals surface area contributed by atoms with Crippen LogP contribution in [0.25, 0.3) is 0 Å². The van der Waals surface area contributed by atoms with Crippen LogP contribution in [-0.2, 0) is 6.54 Å². The molecule has 1 aromatic carbocycles. The van der Waals surface area contributed by atoms with Crippen molar-refractivity contribution in [3.05, 3.63) is 53.2 Å². The van der Waals surface area contributed by atoms with Crippen LogP contribution < -0.4 is 11.1 Å². The lowest BCUT2D eigenvalue weighted by Crippen LogP contribution is -2.23. The highest BCUT2D eigenvalue weighted by Gasteiger charge is 2.12. The number of aromatic carboxylic acids is 1. The molecule has 0 aliphatic heterocycles. The van der Waals surface area contributed by atoms with Crippen LogP contribution in [0.1, 0.15) is 26.3 Å². The highest BCUT2D eigenvalue weighted by Crippen LogP contribution is 2.16. The lowest BCUT2D eigenvalue weighted by Gasteiger charge is -2.08. The summed E-state index contributed by atoms with van der Waals surface area (Å²) in [5, 5.41) is 20.9. The molecule has 0 aliphatic carbocycles. The van der Waals surface area contributed by atoms with Crippen molar-refractivity contribution in [1.29, 1.82) is 0 Å². The first-order valence-corrected chi connectivity index (χ1v) is 6.02. The van der Waals surface area contributed by atoms with Crippen LogP contribution in [0.5, 0.6) is 5.75 Å². The number of nitrogen functional groups attached to an aromatic ring is 1. The third kappa shape index (κ3) is 3.47. The normalized spacial score (nSPS) is 10.1. The Labute approximate surface area is 120 Å². The Morgan fingerprint density at radius 1 is 1.24 bits per heavy atom. The molecular weight excluding hydrogens is 274 g/mol. The molecule has 0 aliphatic rings. The number of rotatable bonds is 4. The summed E-state index contributed by atoms with van der Waals surface area (Å²) in [6.45, 7) is 0.149. The van der Waals surface area contributed by atoms with Crippen molar-refractivity contribution in [3.63, 3.8) is 0 Å². The average Bonchev–Trinajstić information content (AvgIpc) is 2.45. The third-order valence-corrected chi connectivity index (χ3v) is 2.79. The van der Waals surface area contributed by atoms with Crippen molar-refractivity contribution in [2.45, 2.75) is 6.54 Å². The minimum absolute atomic E-state index is 0.0508. The maximum absolute atomic E-state index is 12.0. The lowest BCUT2D eigenvalue weighted by molar-refractivity contribution is 0.0696. The summed E-state index contributed by atoms with van der Waals surface area (Å²) in [4.78, 5) is 26.8. The van der Waals surface area contributed by atoms with Gasteiger partial charge in [-0.1, -0.05) is 6.07 Å². The molecule has 0 atom stereocenters. The van der Waals surface area contributed by atoms with Gasteiger partial charge in [0.05, 0.1) is 5.56 Å². The number of nitrogens with zero attached hydrogens (tertiary/aromatic N) is 1. The maximum Gasteiger partial charge on any atom is 0.335 e. The third-order valence-electron chi connectivity index (χ3n) is 2.79. The Hall–Kier alpha value is -3.09. The topological polar surface area (TPSA) is 126 Å². The number of anilines is 1. The van der Waals surface area contributed by atoms with Gasteiger partial charge in [0.15, 0.2) is 0 Å². The number of nitrogens with two attached hydrogens (primary N) is 1. The fraction of sp³-hybridized carbons (Fsp3) is 0.0714. The van der Waals surface area contributed by atoms with Crippen LogP contribution in [-0.4, -0.2) is 27.1 Å². The summed E-state index contributed by atoms with van der Waals surface area (Å²) in [5.41, 5.74) is 6.18. The number of hydrogen-bond acceptors (Lipinski definition) is 5. The Morgan fingerprint density at radius 3 is 2.62 bits per heavy atom. The van der Waals surface area contributed by atoms with Gasteiger partial charge in [-0.3, -0.25) is 4.79 Å². The number of amides is 1. The Morgan fingerprint density at radius 2 is 1.95 bits per heavy atom. The van der Waals surface area contributed by atoms with Crippen LogP contribution in [0.15, 0.2) is 36.5 Å². The molecule has 108 valence electrons. The van der Waals surface area contributed by atoms with Crippen molar-refractivity contribution in [2.24, 2.45) is 0 Å². The molecule has 0 saturated carbocycles. The van der Waals surface area contributed by atoms with Crippen molar-refractivity contribution in [1.82, 2.24) is 10.3 Å². The zero-order valence-corrected chi connectivity index (χ0v) is 10.9. The fourth-order valence-corrected chi connectivity index (χ4v) is 1.74. The van der Waals surface area contributed by atoms with Gasteiger partial charge in [0.1, 0.15) is 11.6 Å². The van der Waals surface area contributed by atoms with Crippen LogP contribution in [0.2, 0.25) is 0 Å². The zero-order chi connectivity index (χ0) is 15.4. The molecular formula is C14H13N3O4. The van der Waals surface area contributed by atoms with Crippen molar-refractivity contribution < 1.29 is 19.8 Å². The SMILES string of the molecule is Nc1ncccc1CNC(=O)c1cc(O)cc(C(=O)O)c1. The number of hydrogen-bond donors (Lipinski definition) is 4. The second-order valence-electron chi connectivity index (χ2n) is 4.30. The van der Waals surface area contributed by atoms with Crippen molar-refractivity contribution in [2.75, 3.05) is 5.73 Å².